The Morgan fingerprint density at radius 2 is 2.09 bits per heavy atom. The fourth-order valence-electron chi connectivity index (χ4n) is 2.56. The van der Waals surface area contributed by atoms with Gasteiger partial charge in [-0.15, -0.1) is 11.8 Å². The van der Waals surface area contributed by atoms with Gasteiger partial charge in [0.05, 0.1) is 10.9 Å². The number of aryl methyl sites for hydroxylation is 2. The highest BCUT2D eigenvalue weighted by molar-refractivity contribution is 8.00. The van der Waals surface area contributed by atoms with Crippen LogP contribution in [-0.2, 0) is 11.8 Å². The quantitative estimate of drug-likeness (QED) is 0.872. The lowest BCUT2D eigenvalue weighted by Crippen LogP contribution is -2.29. The van der Waals surface area contributed by atoms with Crippen molar-refractivity contribution in [3.63, 3.8) is 0 Å². The molecule has 2 aromatic rings. The van der Waals surface area contributed by atoms with Gasteiger partial charge in [-0.1, -0.05) is 0 Å². The van der Waals surface area contributed by atoms with Gasteiger partial charge in [0.15, 0.2) is 0 Å². The lowest BCUT2D eigenvalue weighted by molar-refractivity contribution is -0.116. The molecule has 7 heteroatoms. The number of carbonyl (C=O) groups excluding carboxylic acids is 1. The molecule has 1 aliphatic heterocycles. The van der Waals surface area contributed by atoms with Crippen molar-refractivity contribution in [2.75, 3.05) is 11.4 Å². The number of hydrogen-bond acceptors (Lipinski definition) is 3. The van der Waals surface area contributed by atoms with Gasteiger partial charge in [-0.05, 0) is 31.5 Å². The van der Waals surface area contributed by atoms with E-state index in [0.717, 1.165) is 41.5 Å². The molecule has 22 heavy (non-hydrogen) atoms. The van der Waals surface area contributed by atoms with Crippen molar-refractivity contribution in [2.24, 2.45) is 7.05 Å². The zero-order valence-electron chi connectivity index (χ0n) is 12.2. The summed E-state index contributed by atoms with van der Waals surface area (Å²) < 4.78 is 28.6. The van der Waals surface area contributed by atoms with E-state index in [1.54, 1.807) is 16.6 Å². The van der Waals surface area contributed by atoms with Crippen LogP contribution in [0.1, 0.15) is 12.1 Å². The molecule has 0 saturated carbocycles. The van der Waals surface area contributed by atoms with Gasteiger partial charge in [-0.2, -0.15) is 5.10 Å². The van der Waals surface area contributed by atoms with Gasteiger partial charge in [0.2, 0.25) is 5.91 Å². The highest BCUT2D eigenvalue weighted by Crippen LogP contribution is 2.34. The maximum atomic E-state index is 13.7. The Hall–Kier alpha value is -1.89. The van der Waals surface area contributed by atoms with Crippen LogP contribution in [0.4, 0.5) is 14.6 Å². The second-order valence-electron chi connectivity index (χ2n) is 5.23. The number of hydrogen-bond donors (Lipinski definition) is 0. The molecule has 0 aliphatic carbocycles. The molecule has 1 saturated heterocycles. The third kappa shape index (κ3) is 2.72. The predicted octanol–water partition coefficient (Wildman–Crippen LogP) is 2.90. The molecule has 0 radical (unpaired) electrons. The van der Waals surface area contributed by atoms with E-state index in [-0.39, 0.29) is 10.8 Å². The molecule has 2 heterocycles. The van der Waals surface area contributed by atoms with Gasteiger partial charge in [0.1, 0.15) is 17.5 Å². The van der Waals surface area contributed by atoms with E-state index in [1.165, 1.54) is 0 Å². The lowest BCUT2D eigenvalue weighted by atomic mass is 10.3. The van der Waals surface area contributed by atoms with Crippen molar-refractivity contribution >= 4 is 23.5 Å². The highest BCUT2D eigenvalue weighted by atomic mass is 32.2. The zero-order valence-corrected chi connectivity index (χ0v) is 13.0. The van der Waals surface area contributed by atoms with E-state index in [2.05, 4.69) is 5.10 Å². The summed E-state index contributed by atoms with van der Waals surface area (Å²) in [5.41, 5.74) is 0.831. The molecule has 1 aliphatic rings. The number of halogens is 2. The zero-order chi connectivity index (χ0) is 15.9. The molecule has 1 atom stereocenters. The standard InChI is InChI=1S/C15H15F2N3OS/c1-9-7-14(19(2)18-9)20-6-5-12(15(20)21)22-13-8-10(16)3-4-11(13)17/h3-4,7-8,12H,5-6H2,1-2H3/t12-/m1/s1. The van der Waals surface area contributed by atoms with Gasteiger partial charge in [-0.25, -0.2) is 8.78 Å². The minimum absolute atomic E-state index is 0.100. The van der Waals surface area contributed by atoms with Crippen LogP contribution in [0.5, 0.6) is 0 Å². The van der Waals surface area contributed by atoms with Crippen LogP contribution in [0.2, 0.25) is 0 Å². The summed E-state index contributed by atoms with van der Waals surface area (Å²) in [5, 5.41) is 3.82. The topological polar surface area (TPSA) is 38.1 Å². The lowest BCUT2D eigenvalue weighted by Gasteiger charge is -2.16. The second-order valence-corrected chi connectivity index (χ2v) is 6.47. The Morgan fingerprint density at radius 3 is 2.77 bits per heavy atom. The number of thioether (sulfide) groups is 1. The third-order valence-corrected chi connectivity index (χ3v) is 4.86. The van der Waals surface area contributed by atoms with Crippen LogP contribution in [0.3, 0.4) is 0 Å². The first-order valence-corrected chi connectivity index (χ1v) is 7.77. The Balaban J connectivity index is 1.79. The normalized spacial score (nSPS) is 18.3. The van der Waals surface area contributed by atoms with Crippen molar-refractivity contribution in [2.45, 2.75) is 23.5 Å². The van der Waals surface area contributed by atoms with Gasteiger partial charge < -0.3 is 0 Å². The molecule has 1 amide bonds. The maximum Gasteiger partial charge on any atom is 0.241 e. The molecule has 1 aromatic heterocycles. The second kappa shape index (κ2) is 5.72. The van der Waals surface area contributed by atoms with Crippen molar-refractivity contribution in [3.8, 4) is 0 Å². The molecule has 0 unspecified atom stereocenters. The SMILES string of the molecule is Cc1cc(N2CC[C@@H](Sc3cc(F)ccc3F)C2=O)n(C)n1. The molecule has 3 rings (SSSR count). The van der Waals surface area contributed by atoms with Gasteiger partial charge in [-0.3, -0.25) is 14.4 Å². The fourth-order valence-corrected chi connectivity index (χ4v) is 3.68. The van der Waals surface area contributed by atoms with Crippen molar-refractivity contribution < 1.29 is 13.6 Å². The van der Waals surface area contributed by atoms with E-state index >= 15 is 0 Å². The number of carbonyl (C=O) groups is 1. The van der Waals surface area contributed by atoms with Crippen LogP contribution in [0.25, 0.3) is 0 Å². The monoisotopic (exact) mass is 323 g/mol. The van der Waals surface area contributed by atoms with E-state index in [9.17, 15) is 13.6 Å². The van der Waals surface area contributed by atoms with Crippen LogP contribution < -0.4 is 4.90 Å². The number of aromatic nitrogens is 2. The molecule has 1 fully saturated rings. The minimum atomic E-state index is -0.506. The van der Waals surface area contributed by atoms with Crippen LogP contribution in [0.15, 0.2) is 29.2 Å². The van der Waals surface area contributed by atoms with Crippen LogP contribution in [-0.4, -0.2) is 27.5 Å². The third-order valence-electron chi connectivity index (χ3n) is 3.57. The predicted molar refractivity (Wildman–Crippen MR) is 80.9 cm³/mol. The first kappa shape index (κ1) is 15.0. The molecular formula is C15H15F2N3OS. The Kier molecular flexibility index (Phi) is 3.90. The summed E-state index contributed by atoms with van der Waals surface area (Å²) in [6.07, 6.45) is 0.587. The summed E-state index contributed by atoms with van der Waals surface area (Å²) in [6, 6.07) is 5.12. The Labute approximate surface area is 131 Å². The molecular weight excluding hydrogens is 308 g/mol. The molecule has 4 nitrogen and oxygen atoms in total. The molecule has 0 spiro atoms. The molecule has 116 valence electrons. The summed E-state index contributed by atoms with van der Waals surface area (Å²) in [4.78, 5) is 14.3. The number of nitrogens with zero attached hydrogens (tertiary/aromatic N) is 3. The first-order valence-electron chi connectivity index (χ1n) is 6.89. The fraction of sp³-hybridized carbons (Fsp3) is 0.333. The van der Waals surface area contributed by atoms with E-state index < -0.39 is 16.9 Å². The minimum Gasteiger partial charge on any atom is -0.296 e. The number of benzene rings is 1. The maximum absolute atomic E-state index is 13.7. The van der Waals surface area contributed by atoms with Gasteiger partial charge >= 0.3 is 0 Å². The molecule has 0 bridgehead atoms. The van der Waals surface area contributed by atoms with Crippen molar-refractivity contribution in [1.29, 1.82) is 0 Å². The summed E-state index contributed by atoms with van der Waals surface area (Å²) in [5.74, 6) is -0.385. The van der Waals surface area contributed by atoms with Crippen molar-refractivity contribution in [1.82, 2.24) is 9.78 Å². The van der Waals surface area contributed by atoms with E-state index in [0.29, 0.717) is 13.0 Å². The van der Waals surface area contributed by atoms with Gasteiger partial charge in [0, 0.05) is 24.6 Å². The van der Waals surface area contributed by atoms with Gasteiger partial charge in [0.25, 0.3) is 0 Å². The van der Waals surface area contributed by atoms with Crippen molar-refractivity contribution in [3.05, 3.63) is 41.6 Å². The van der Waals surface area contributed by atoms with E-state index in [4.69, 9.17) is 0 Å². The Bertz CT molecular complexity index is 732. The van der Waals surface area contributed by atoms with Crippen LogP contribution >= 0.6 is 11.8 Å². The van der Waals surface area contributed by atoms with Crippen LogP contribution in [0, 0.1) is 18.6 Å². The highest BCUT2D eigenvalue weighted by Gasteiger charge is 2.35. The average molecular weight is 323 g/mol. The number of amides is 1. The largest absolute Gasteiger partial charge is 0.296 e. The molecule has 1 aromatic carbocycles. The number of anilines is 1. The smallest absolute Gasteiger partial charge is 0.241 e. The first-order chi connectivity index (χ1) is 10.5. The van der Waals surface area contributed by atoms with E-state index in [1.807, 2.05) is 13.0 Å². The summed E-state index contributed by atoms with van der Waals surface area (Å²) >= 11 is 1.08. The molecule has 0 N–H and O–H groups in total. The summed E-state index contributed by atoms with van der Waals surface area (Å²) in [6.45, 7) is 2.41. The average Bonchev–Trinajstić information content (AvgIpc) is 2.97. The summed E-state index contributed by atoms with van der Waals surface area (Å²) in [7, 11) is 1.78. The number of rotatable bonds is 3. The Morgan fingerprint density at radius 1 is 1.32 bits per heavy atom.